The molecule has 0 unspecified atom stereocenters. The van der Waals surface area contributed by atoms with Crippen molar-refractivity contribution in [2.45, 2.75) is 12.8 Å². The number of benzene rings is 1. The topological polar surface area (TPSA) is 22.1 Å². The molecule has 94 valence electrons. The first-order valence-electron chi connectivity index (χ1n) is 5.25. The second kappa shape index (κ2) is 5.67. The summed E-state index contributed by atoms with van der Waals surface area (Å²) in [5, 5.41) is 0. The Morgan fingerprint density at radius 3 is 2.83 bits per heavy atom. The fraction of sp³-hybridized carbons (Fsp3) is 0.154. The molecular formula is C13H10BrClFNO. The number of ether oxygens (including phenoxy) is 1. The molecule has 0 radical (unpaired) electrons. The normalized spacial score (nSPS) is 10.4. The largest absolute Gasteiger partial charge is 0.436 e. The monoisotopic (exact) mass is 329 g/mol. The van der Waals surface area contributed by atoms with Gasteiger partial charge in [0, 0.05) is 16.2 Å². The van der Waals surface area contributed by atoms with Gasteiger partial charge in [0.2, 0.25) is 0 Å². The van der Waals surface area contributed by atoms with Crippen LogP contribution in [0.15, 0.2) is 34.9 Å². The lowest BCUT2D eigenvalue weighted by Crippen LogP contribution is -1.96. The summed E-state index contributed by atoms with van der Waals surface area (Å²) < 4.78 is 20.2. The Hall–Kier alpha value is -1.13. The standard InChI is InChI=1S/C13H10BrClFNO/c1-8-6-10(2-3-11(8)14)18-13-12(16)9(7-15)4-5-17-13/h2-6H,7H2,1H3. The summed E-state index contributed by atoms with van der Waals surface area (Å²) in [5.74, 6) is 0.0427. The van der Waals surface area contributed by atoms with Crippen LogP contribution < -0.4 is 4.74 Å². The molecule has 0 aliphatic heterocycles. The van der Waals surface area contributed by atoms with Crippen molar-refractivity contribution < 1.29 is 9.13 Å². The summed E-state index contributed by atoms with van der Waals surface area (Å²) in [4.78, 5) is 3.87. The van der Waals surface area contributed by atoms with E-state index in [-0.39, 0.29) is 11.8 Å². The van der Waals surface area contributed by atoms with Gasteiger partial charge in [-0.15, -0.1) is 11.6 Å². The van der Waals surface area contributed by atoms with E-state index in [0.29, 0.717) is 11.3 Å². The minimum atomic E-state index is -0.520. The van der Waals surface area contributed by atoms with Crippen LogP contribution in [0.3, 0.4) is 0 Å². The Kier molecular flexibility index (Phi) is 4.19. The maximum atomic E-state index is 13.9. The van der Waals surface area contributed by atoms with Crippen molar-refractivity contribution in [2.24, 2.45) is 0 Å². The molecule has 0 N–H and O–H groups in total. The Labute approximate surface area is 118 Å². The Morgan fingerprint density at radius 2 is 2.17 bits per heavy atom. The van der Waals surface area contributed by atoms with Crippen molar-refractivity contribution in [3.63, 3.8) is 0 Å². The number of aromatic nitrogens is 1. The Bertz CT molecular complexity index is 577. The average Bonchev–Trinajstić information content (AvgIpc) is 2.36. The van der Waals surface area contributed by atoms with Crippen LogP contribution in [0, 0.1) is 12.7 Å². The highest BCUT2D eigenvalue weighted by Gasteiger charge is 2.11. The second-order valence-corrected chi connectivity index (χ2v) is 4.86. The van der Waals surface area contributed by atoms with E-state index in [4.69, 9.17) is 16.3 Å². The van der Waals surface area contributed by atoms with Crippen molar-refractivity contribution in [1.82, 2.24) is 4.98 Å². The smallest absolute Gasteiger partial charge is 0.256 e. The zero-order valence-electron chi connectivity index (χ0n) is 9.58. The fourth-order valence-electron chi connectivity index (χ4n) is 1.43. The van der Waals surface area contributed by atoms with Crippen molar-refractivity contribution in [2.75, 3.05) is 0 Å². The van der Waals surface area contributed by atoms with E-state index in [1.807, 2.05) is 13.0 Å². The van der Waals surface area contributed by atoms with Crippen molar-refractivity contribution in [3.8, 4) is 11.6 Å². The lowest BCUT2D eigenvalue weighted by Gasteiger charge is -2.08. The molecule has 2 aromatic rings. The van der Waals surface area contributed by atoms with Crippen molar-refractivity contribution >= 4 is 27.5 Å². The summed E-state index contributed by atoms with van der Waals surface area (Å²) in [5.41, 5.74) is 1.37. The van der Waals surface area contributed by atoms with Crippen LogP contribution in [0.25, 0.3) is 0 Å². The fourth-order valence-corrected chi connectivity index (χ4v) is 1.88. The zero-order chi connectivity index (χ0) is 13.1. The van der Waals surface area contributed by atoms with E-state index in [9.17, 15) is 4.39 Å². The molecule has 0 fully saturated rings. The predicted molar refractivity (Wildman–Crippen MR) is 72.7 cm³/mol. The molecule has 1 heterocycles. The van der Waals surface area contributed by atoms with Crippen LogP contribution in [0.5, 0.6) is 11.6 Å². The lowest BCUT2D eigenvalue weighted by molar-refractivity contribution is 0.420. The number of alkyl halides is 1. The van der Waals surface area contributed by atoms with Gasteiger partial charge in [-0.2, -0.15) is 0 Å². The van der Waals surface area contributed by atoms with E-state index in [1.165, 1.54) is 12.3 Å². The average molecular weight is 331 g/mol. The molecule has 0 aliphatic rings. The highest BCUT2D eigenvalue weighted by atomic mass is 79.9. The number of pyridine rings is 1. The maximum absolute atomic E-state index is 13.9. The quantitative estimate of drug-likeness (QED) is 0.753. The van der Waals surface area contributed by atoms with Gasteiger partial charge in [0.1, 0.15) is 5.75 Å². The van der Waals surface area contributed by atoms with E-state index < -0.39 is 5.82 Å². The molecule has 0 spiro atoms. The van der Waals surface area contributed by atoms with E-state index in [1.54, 1.807) is 12.1 Å². The first kappa shape index (κ1) is 13.3. The molecule has 0 bridgehead atoms. The first-order chi connectivity index (χ1) is 8.61. The van der Waals surface area contributed by atoms with Crippen LogP contribution in [-0.4, -0.2) is 4.98 Å². The number of aryl methyl sites for hydroxylation is 1. The zero-order valence-corrected chi connectivity index (χ0v) is 11.9. The molecule has 0 amide bonds. The maximum Gasteiger partial charge on any atom is 0.256 e. The van der Waals surface area contributed by atoms with Crippen molar-refractivity contribution in [1.29, 1.82) is 0 Å². The van der Waals surface area contributed by atoms with Gasteiger partial charge in [-0.05, 0) is 36.8 Å². The van der Waals surface area contributed by atoms with E-state index >= 15 is 0 Å². The SMILES string of the molecule is Cc1cc(Oc2nccc(CCl)c2F)ccc1Br. The van der Waals surface area contributed by atoms with Crippen LogP contribution >= 0.6 is 27.5 Å². The number of rotatable bonds is 3. The van der Waals surface area contributed by atoms with Gasteiger partial charge >= 0.3 is 0 Å². The third-order valence-corrected chi connectivity index (χ3v) is 3.60. The molecule has 2 rings (SSSR count). The number of halogens is 3. The lowest BCUT2D eigenvalue weighted by atomic mass is 10.2. The predicted octanol–water partition coefficient (Wildman–Crippen LogP) is 4.82. The molecule has 2 nitrogen and oxygen atoms in total. The summed E-state index contributed by atoms with van der Waals surface area (Å²) >= 11 is 9.01. The van der Waals surface area contributed by atoms with Crippen LogP contribution in [0.2, 0.25) is 0 Å². The Balaban J connectivity index is 2.31. The molecule has 1 aromatic carbocycles. The van der Waals surface area contributed by atoms with Gasteiger partial charge in [0.15, 0.2) is 5.82 Å². The molecule has 0 saturated heterocycles. The summed E-state index contributed by atoms with van der Waals surface area (Å²) in [6, 6.07) is 6.92. The molecule has 0 saturated carbocycles. The summed E-state index contributed by atoms with van der Waals surface area (Å²) in [6.45, 7) is 1.93. The summed E-state index contributed by atoms with van der Waals surface area (Å²) in [6.07, 6.45) is 1.47. The minimum absolute atomic E-state index is 0.0603. The van der Waals surface area contributed by atoms with Gasteiger partial charge in [-0.3, -0.25) is 0 Å². The Morgan fingerprint density at radius 1 is 1.39 bits per heavy atom. The molecule has 0 aliphatic carbocycles. The molecule has 5 heteroatoms. The number of hydrogen-bond acceptors (Lipinski definition) is 2. The minimum Gasteiger partial charge on any atom is -0.436 e. The van der Waals surface area contributed by atoms with E-state index in [0.717, 1.165) is 10.0 Å². The van der Waals surface area contributed by atoms with Gasteiger partial charge in [-0.25, -0.2) is 9.37 Å². The van der Waals surface area contributed by atoms with Gasteiger partial charge in [0.05, 0.1) is 5.88 Å². The number of nitrogens with zero attached hydrogens (tertiary/aromatic N) is 1. The van der Waals surface area contributed by atoms with E-state index in [2.05, 4.69) is 20.9 Å². The first-order valence-corrected chi connectivity index (χ1v) is 6.58. The van der Waals surface area contributed by atoms with Gasteiger partial charge in [-0.1, -0.05) is 15.9 Å². The second-order valence-electron chi connectivity index (χ2n) is 3.74. The highest BCUT2D eigenvalue weighted by molar-refractivity contribution is 9.10. The molecule has 1 aromatic heterocycles. The molecule has 18 heavy (non-hydrogen) atoms. The summed E-state index contributed by atoms with van der Waals surface area (Å²) in [7, 11) is 0. The third kappa shape index (κ3) is 2.82. The molecule has 0 atom stereocenters. The molecular weight excluding hydrogens is 321 g/mol. The van der Waals surface area contributed by atoms with Gasteiger partial charge in [0.25, 0.3) is 5.88 Å². The third-order valence-electron chi connectivity index (χ3n) is 2.43. The van der Waals surface area contributed by atoms with Crippen LogP contribution in [0.1, 0.15) is 11.1 Å². The van der Waals surface area contributed by atoms with Crippen LogP contribution in [-0.2, 0) is 5.88 Å². The van der Waals surface area contributed by atoms with Crippen LogP contribution in [0.4, 0.5) is 4.39 Å². The number of hydrogen-bond donors (Lipinski definition) is 0. The van der Waals surface area contributed by atoms with Gasteiger partial charge < -0.3 is 4.74 Å². The van der Waals surface area contributed by atoms with Crippen molar-refractivity contribution in [3.05, 3.63) is 51.9 Å². The highest BCUT2D eigenvalue weighted by Crippen LogP contribution is 2.27.